The average molecular weight is 467 g/mol. The van der Waals surface area contributed by atoms with Gasteiger partial charge in [0, 0.05) is 25.3 Å². The Hall–Kier alpha value is -3.99. The number of amides is 2. The van der Waals surface area contributed by atoms with Crippen molar-refractivity contribution in [1.82, 2.24) is 15.3 Å². The zero-order valence-corrected chi connectivity index (χ0v) is 18.2. The highest BCUT2D eigenvalue weighted by molar-refractivity contribution is 6.46. The summed E-state index contributed by atoms with van der Waals surface area (Å²) >= 11 is 0. The van der Waals surface area contributed by atoms with Gasteiger partial charge in [-0.2, -0.15) is 0 Å². The lowest BCUT2D eigenvalue weighted by molar-refractivity contribution is -0.115. The number of nitrogens with zero attached hydrogens (tertiary/aromatic N) is 5. The van der Waals surface area contributed by atoms with E-state index in [1.807, 2.05) is 18.2 Å². The number of carbonyl (C=O) groups excluding carboxylic acids is 2. The van der Waals surface area contributed by atoms with Gasteiger partial charge in [0.2, 0.25) is 0 Å². The number of hydrogen-bond acceptors (Lipinski definition) is 7. The van der Waals surface area contributed by atoms with Crippen LogP contribution in [0, 0.1) is 11.6 Å². The second-order valence-corrected chi connectivity index (χ2v) is 7.74. The average Bonchev–Trinajstić information content (AvgIpc) is 3.11. The van der Waals surface area contributed by atoms with Crippen molar-refractivity contribution in [3.05, 3.63) is 71.6 Å². The number of anilines is 1. The molecule has 1 aromatic carbocycles. The lowest BCUT2D eigenvalue weighted by Crippen LogP contribution is -2.49. The van der Waals surface area contributed by atoms with Crippen molar-refractivity contribution in [3.63, 3.8) is 0 Å². The quantitative estimate of drug-likeness (QED) is 0.395. The maximum absolute atomic E-state index is 14.1. The largest absolute Gasteiger partial charge is 0.356 e. The topological polar surface area (TPSA) is 116 Å². The maximum atomic E-state index is 14.1. The molecule has 2 amide bonds. The minimum atomic E-state index is -1.15. The Kier molecular flexibility index (Phi) is 7.02. The Morgan fingerprint density at radius 1 is 1.09 bits per heavy atom. The summed E-state index contributed by atoms with van der Waals surface area (Å²) in [5.74, 6) is 2.97. The third-order valence-electron chi connectivity index (χ3n) is 5.57. The summed E-state index contributed by atoms with van der Waals surface area (Å²) < 4.78 is 28.2. The molecule has 0 unspecified atom stereocenters. The van der Waals surface area contributed by atoms with Crippen LogP contribution in [0.1, 0.15) is 23.2 Å². The Bertz CT molecular complexity index is 1140. The second-order valence-electron chi connectivity index (χ2n) is 7.74. The first kappa shape index (κ1) is 23.2. The Labute approximate surface area is 194 Å². The molecule has 11 heteroatoms. The van der Waals surface area contributed by atoms with Crippen molar-refractivity contribution in [2.24, 2.45) is 15.8 Å². The van der Waals surface area contributed by atoms with Gasteiger partial charge in [0.15, 0.2) is 5.71 Å². The fourth-order valence-electron chi connectivity index (χ4n) is 3.81. The number of carbonyl (C=O) groups is 2. The number of pyridine rings is 1. The molecule has 0 spiro atoms. The van der Waals surface area contributed by atoms with Crippen LogP contribution in [0.15, 0.2) is 64.4 Å². The number of benzene rings is 1. The number of hydrogen-bond donors (Lipinski definition) is 2. The minimum absolute atomic E-state index is 0.0822. The van der Waals surface area contributed by atoms with Crippen molar-refractivity contribution in [3.8, 4) is 0 Å². The first-order chi connectivity index (χ1) is 16.5. The predicted molar refractivity (Wildman–Crippen MR) is 123 cm³/mol. The number of aromatic nitrogens is 1. The number of hydrazine groups is 1. The minimum Gasteiger partial charge on any atom is -0.356 e. The first-order valence-electron chi connectivity index (χ1n) is 10.7. The van der Waals surface area contributed by atoms with Crippen LogP contribution in [0.4, 0.5) is 14.6 Å². The molecule has 176 valence electrons. The van der Waals surface area contributed by atoms with E-state index in [4.69, 9.17) is 5.84 Å². The maximum Gasteiger partial charge on any atom is 0.278 e. The molecule has 0 bridgehead atoms. The van der Waals surface area contributed by atoms with E-state index >= 15 is 0 Å². The highest BCUT2D eigenvalue weighted by Gasteiger charge is 2.30. The van der Waals surface area contributed by atoms with Gasteiger partial charge in [-0.05, 0) is 43.2 Å². The number of halogens is 2. The van der Waals surface area contributed by atoms with Crippen molar-refractivity contribution < 1.29 is 18.4 Å². The Morgan fingerprint density at radius 3 is 2.50 bits per heavy atom. The van der Waals surface area contributed by atoms with Crippen LogP contribution in [-0.2, 0) is 4.79 Å². The van der Waals surface area contributed by atoms with Crippen molar-refractivity contribution in [1.29, 1.82) is 0 Å². The third-order valence-corrected chi connectivity index (χ3v) is 5.57. The number of nitrogens with one attached hydrogen (secondary N) is 1. The molecule has 4 rings (SSSR count). The van der Waals surface area contributed by atoms with Crippen LogP contribution in [0.5, 0.6) is 0 Å². The molecule has 3 heterocycles. The lowest BCUT2D eigenvalue weighted by atomic mass is 10.0. The number of nitrogens with two attached hydrogens (primary N) is 1. The molecule has 2 aliphatic heterocycles. The normalized spacial score (nSPS) is 16.4. The summed E-state index contributed by atoms with van der Waals surface area (Å²) in [5.41, 5.74) is -1.08. The number of piperidine rings is 1. The summed E-state index contributed by atoms with van der Waals surface area (Å²) in [6.07, 6.45) is 5.67. The summed E-state index contributed by atoms with van der Waals surface area (Å²) in [7, 11) is 0. The third kappa shape index (κ3) is 4.99. The van der Waals surface area contributed by atoms with E-state index < -0.39 is 29.0 Å². The predicted octanol–water partition coefficient (Wildman–Crippen LogP) is 1.83. The van der Waals surface area contributed by atoms with E-state index in [0.717, 1.165) is 24.0 Å². The van der Waals surface area contributed by atoms with Crippen LogP contribution in [0.3, 0.4) is 0 Å². The summed E-state index contributed by atoms with van der Waals surface area (Å²) in [6.45, 7) is 1.48. The van der Waals surface area contributed by atoms with Gasteiger partial charge in [0.05, 0.1) is 12.2 Å². The van der Waals surface area contributed by atoms with Gasteiger partial charge in [-0.25, -0.2) is 29.6 Å². The molecule has 1 fully saturated rings. The van der Waals surface area contributed by atoms with E-state index in [0.29, 0.717) is 30.9 Å². The molecule has 0 aliphatic carbocycles. The lowest BCUT2D eigenvalue weighted by Gasteiger charge is -2.33. The van der Waals surface area contributed by atoms with Gasteiger partial charge in [0.1, 0.15) is 29.4 Å². The van der Waals surface area contributed by atoms with Crippen molar-refractivity contribution >= 4 is 29.7 Å². The molecular formula is C23H23F2N7O2. The van der Waals surface area contributed by atoms with Crippen LogP contribution >= 0.6 is 0 Å². The van der Waals surface area contributed by atoms with Gasteiger partial charge < -0.3 is 10.2 Å². The highest BCUT2D eigenvalue weighted by atomic mass is 19.1. The van der Waals surface area contributed by atoms with Gasteiger partial charge in [-0.1, -0.05) is 12.1 Å². The molecule has 1 aromatic heterocycles. The smallest absolute Gasteiger partial charge is 0.278 e. The van der Waals surface area contributed by atoms with Gasteiger partial charge in [-0.15, -0.1) is 0 Å². The molecule has 0 saturated carbocycles. The fraction of sp³-hybridized carbons (Fsp3) is 0.261. The molecule has 1 saturated heterocycles. The summed E-state index contributed by atoms with van der Waals surface area (Å²) in [4.78, 5) is 40.3. The van der Waals surface area contributed by atoms with Gasteiger partial charge >= 0.3 is 0 Å². The van der Waals surface area contributed by atoms with E-state index in [2.05, 4.69) is 25.2 Å². The van der Waals surface area contributed by atoms with Crippen molar-refractivity contribution in [2.45, 2.75) is 18.9 Å². The number of rotatable bonds is 5. The summed E-state index contributed by atoms with van der Waals surface area (Å²) in [6, 6.07) is 8.61. The van der Waals surface area contributed by atoms with Crippen molar-refractivity contribution in [2.75, 3.05) is 24.5 Å². The van der Waals surface area contributed by atoms with Crippen LogP contribution < -0.4 is 16.1 Å². The van der Waals surface area contributed by atoms with Gasteiger partial charge in [0.25, 0.3) is 11.8 Å². The molecule has 2 aromatic rings. The Balaban J connectivity index is 1.45. The highest BCUT2D eigenvalue weighted by Crippen LogP contribution is 2.19. The van der Waals surface area contributed by atoms with Crippen LogP contribution in [-0.4, -0.2) is 59.5 Å². The first-order valence-corrected chi connectivity index (χ1v) is 10.7. The standard InChI is InChI=1S/C23H23F2N7O2/c24-16-4-3-5-17(25)20(16)23(34)32(26)18-7-11-27-14-29-21(18)22(33)30-15-8-12-31(13-9-15)19-6-1-2-10-28-19/h1-7,10,14-15H,8-9,11-13,26H2,(H,30,33). The summed E-state index contributed by atoms with van der Waals surface area (Å²) in [5, 5.41) is 3.44. The molecule has 2 aliphatic rings. The number of aliphatic imine (C=N–C) groups is 2. The van der Waals surface area contributed by atoms with Gasteiger partial charge in [-0.3, -0.25) is 14.6 Å². The van der Waals surface area contributed by atoms with E-state index in [9.17, 15) is 18.4 Å². The van der Waals surface area contributed by atoms with E-state index in [1.54, 1.807) is 6.20 Å². The molecule has 34 heavy (non-hydrogen) atoms. The SMILES string of the molecule is NN(C(=O)c1c(F)cccc1F)C1=CCN=CN=C1C(=O)NC1CCN(c2ccccn2)CC1. The second kappa shape index (κ2) is 10.3. The van der Waals surface area contributed by atoms with E-state index in [1.165, 1.54) is 12.4 Å². The molecule has 0 radical (unpaired) electrons. The zero-order valence-electron chi connectivity index (χ0n) is 18.2. The van der Waals surface area contributed by atoms with Crippen LogP contribution in [0.25, 0.3) is 0 Å². The molecule has 3 N–H and O–H groups in total. The Morgan fingerprint density at radius 2 is 1.82 bits per heavy atom. The fourth-order valence-corrected chi connectivity index (χ4v) is 3.81. The molecular weight excluding hydrogens is 444 g/mol. The monoisotopic (exact) mass is 467 g/mol. The van der Waals surface area contributed by atoms with Crippen LogP contribution in [0.2, 0.25) is 0 Å². The molecule has 0 atom stereocenters. The molecule has 9 nitrogen and oxygen atoms in total. The van der Waals surface area contributed by atoms with E-state index in [-0.39, 0.29) is 24.0 Å². The zero-order chi connectivity index (χ0) is 24.1.